The quantitative estimate of drug-likeness (QED) is 0.582. The number of carbonyl (C=O) groups is 2. The van der Waals surface area contributed by atoms with E-state index in [0.29, 0.717) is 5.92 Å². The lowest BCUT2D eigenvalue weighted by molar-refractivity contribution is -0.142. The minimum absolute atomic E-state index is 0.107. The Morgan fingerprint density at radius 3 is 2.44 bits per heavy atom. The molecular weight excluding hydrogens is 208 g/mol. The number of rotatable bonds is 7. The van der Waals surface area contributed by atoms with Gasteiger partial charge in [0.2, 0.25) is 5.91 Å². The third-order valence-corrected chi connectivity index (χ3v) is 2.66. The fraction of sp³-hybridized carbons (Fsp3) is 0.818. The van der Waals surface area contributed by atoms with Gasteiger partial charge in [-0.3, -0.25) is 4.79 Å². The van der Waals surface area contributed by atoms with Crippen LogP contribution in [-0.4, -0.2) is 36.1 Å². The summed E-state index contributed by atoms with van der Waals surface area (Å²) in [6.07, 6.45) is 2.47. The van der Waals surface area contributed by atoms with Gasteiger partial charge in [-0.2, -0.15) is 0 Å². The Labute approximate surface area is 95.6 Å². The molecule has 5 heteroatoms. The first kappa shape index (κ1) is 13.0. The third-order valence-electron chi connectivity index (χ3n) is 2.66. The maximum absolute atomic E-state index is 11.4. The monoisotopic (exact) mass is 228 g/mol. The van der Waals surface area contributed by atoms with E-state index in [4.69, 9.17) is 5.11 Å². The number of amides is 1. The van der Waals surface area contributed by atoms with Crippen LogP contribution in [0.2, 0.25) is 0 Å². The van der Waals surface area contributed by atoms with Gasteiger partial charge in [0.1, 0.15) is 6.04 Å². The summed E-state index contributed by atoms with van der Waals surface area (Å²) >= 11 is 0. The van der Waals surface area contributed by atoms with Gasteiger partial charge in [-0.15, -0.1) is 0 Å². The van der Waals surface area contributed by atoms with Crippen LogP contribution in [0.1, 0.15) is 26.7 Å². The van der Waals surface area contributed by atoms with Crippen molar-refractivity contribution in [2.24, 2.45) is 11.8 Å². The van der Waals surface area contributed by atoms with Crippen LogP contribution in [0.3, 0.4) is 0 Å². The van der Waals surface area contributed by atoms with Crippen LogP contribution >= 0.6 is 0 Å². The molecule has 0 heterocycles. The van der Waals surface area contributed by atoms with Crippen molar-refractivity contribution in [1.29, 1.82) is 0 Å². The SMILES string of the molecule is CC(C)[C@@H](NC(=O)CNCC1CC1)C(=O)O. The molecule has 1 amide bonds. The van der Waals surface area contributed by atoms with Gasteiger partial charge in [-0.1, -0.05) is 13.8 Å². The number of aliphatic carboxylic acids is 1. The Morgan fingerprint density at radius 1 is 1.38 bits per heavy atom. The van der Waals surface area contributed by atoms with Crippen LogP contribution in [-0.2, 0) is 9.59 Å². The van der Waals surface area contributed by atoms with Crippen molar-refractivity contribution in [3.63, 3.8) is 0 Å². The summed E-state index contributed by atoms with van der Waals surface area (Å²) < 4.78 is 0. The second kappa shape index (κ2) is 5.84. The fourth-order valence-electron chi connectivity index (χ4n) is 1.45. The highest BCUT2D eigenvalue weighted by Gasteiger charge is 2.24. The molecule has 0 unspecified atom stereocenters. The minimum atomic E-state index is -0.981. The Hall–Kier alpha value is -1.10. The molecule has 1 aliphatic carbocycles. The molecule has 0 bridgehead atoms. The molecule has 1 saturated carbocycles. The van der Waals surface area contributed by atoms with E-state index >= 15 is 0 Å². The van der Waals surface area contributed by atoms with E-state index in [-0.39, 0.29) is 18.4 Å². The fourth-order valence-corrected chi connectivity index (χ4v) is 1.45. The van der Waals surface area contributed by atoms with Crippen molar-refractivity contribution in [1.82, 2.24) is 10.6 Å². The molecule has 5 nitrogen and oxygen atoms in total. The highest BCUT2D eigenvalue weighted by atomic mass is 16.4. The van der Waals surface area contributed by atoms with Crippen LogP contribution in [0.15, 0.2) is 0 Å². The topological polar surface area (TPSA) is 78.4 Å². The lowest BCUT2D eigenvalue weighted by atomic mass is 10.1. The summed E-state index contributed by atoms with van der Waals surface area (Å²) in [6, 6.07) is -0.796. The largest absolute Gasteiger partial charge is 0.480 e. The van der Waals surface area contributed by atoms with Crippen LogP contribution in [0.5, 0.6) is 0 Å². The normalized spacial score (nSPS) is 17.2. The van der Waals surface area contributed by atoms with E-state index in [2.05, 4.69) is 10.6 Å². The van der Waals surface area contributed by atoms with Crippen molar-refractivity contribution >= 4 is 11.9 Å². The molecule has 1 atom stereocenters. The number of nitrogens with one attached hydrogen (secondary N) is 2. The second-order valence-electron chi connectivity index (χ2n) is 4.70. The second-order valence-corrected chi connectivity index (χ2v) is 4.70. The van der Waals surface area contributed by atoms with Crippen LogP contribution in [0.4, 0.5) is 0 Å². The first-order valence-electron chi connectivity index (χ1n) is 5.73. The van der Waals surface area contributed by atoms with Gasteiger partial charge in [-0.05, 0) is 31.2 Å². The minimum Gasteiger partial charge on any atom is -0.480 e. The van der Waals surface area contributed by atoms with Gasteiger partial charge >= 0.3 is 5.97 Å². The lowest BCUT2D eigenvalue weighted by Gasteiger charge is -2.17. The van der Waals surface area contributed by atoms with E-state index in [1.165, 1.54) is 12.8 Å². The Morgan fingerprint density at radius 2 is 2.00 bits per heavy atom. The van der Waals surface area contributed by atoms with Crippen molar-refractivity contribution < 1.29 is 14.7 Å². The maximum Gasteiger partial charge on any atom is 0.326 e. The molecule has 92 valence electrons. The predicted octanol–water partition coefficient (Wildman–Crippen LogP) is 0.211. The standard InChI is InChI=1S/C11H20N2O3/c1-7(2)10(11(15)16)13-9(14)6-12-5-8-3-4-8/h7-8,10,12H,3-6H2,1-2H3,(H,13,14)(H,15,16)/t10-/m1/s1. The van der Waals surface area contributed by atoms with Crippen molar-refractivity contribution in [2.45, 2.75) is 32.7 Å². The highest BCUT2D eigenvalue weighted by molar-refractivity contribution is 5.84. The number of carboxylic acids is 1. The average molecular weight is 228 g/mol. The summed E-state index contributed by atoms with van der Waals surface area (Å²) in [5.41, 5.74) is 0. The van der Waals surface area contributed by atoms with E-state index in [1.54, 1.807) is 13.8 Å². The Bertz CT molecular complexity index is 262. The molecule has 0 aliphatic heterocycles. The van der Waals surface area contributed by atoms with Gasteiger partial charge in [-0.25, -0.2) is 4.79 Å². The van der Waals surface area contributed by atoms with E-state index in [1.807, 2.05) is 0 Å². The molecule has 16 heavy (non-hydrogen) atoms. The highest BCUT2D eigenvalue weighted by Crippen LogP contribution is 2.27. The van der Waals surface area contributed by atoms with Gasteiger partial charge in [0.15, 0.2) is 0 Å². The molecule has 0 spiro atoms. The molecule has 0 radical (unpaired) electrons. The summed E-state index contributed by atoms with van der Waals surface area (Å²) in [4.78, 5) is 22.3. The zero-order chi connectivity index (χ0) is 12.1. The maximum atomic E-state index is 11.4. The summed E-state index contributed by atoms with van der Waals surface area (Å²) in [6.45, 7) is 4.60. The molecule has 0 aromatic heterocycles. The van der Waals surface area contributed by atoms with Crippen LogP contribution < -0.4 is 10.6 Å². The van der Waals surface area contributed by atoms with E-state index in [0.717, 1.165) is 6.54 Å². The molecule has 0 saturated heterocycles. The number of hydrogen-bond donors (Lipinski definition) is 3. The summed E-state index contributed by atoms with van der Waals surface area (Å²) in [5, 5.41) is 14.4. The molecular formula is C11H20N2O3. The van der Waals surface area contributed by atoms with Crippen LogP contribution in [0, 0.1) is 11.8 Å². The van der Waals surface area contributed by atoms with Crippen molar-refractivity contribution in [3.05, 3.63) is 0 Å². The zero-order valence-electron chi connectivity index (χ0n) is 9.82. The lowest BCUT2D eigenvalue weighted by Crippen LogP contribution is -2.47. The Kier molecular flexibility index (Phi) is 4.73. The van der Waals surface area contributed by atoms with Crippen LogP contribution in [0.25, 0.3) is 0 Å². The molecule has 1 fully saturated rings. The van der Waals surface area contributed by atoms with Gasteiger partial charge in [0.25, 0.3) is 0 Å². The first-order chi connectivity index (χ1) is 7.50. The van der Waals surface area contributed by atoms with Gasteiger partial charge in [0, 0.05) is 0 Å². The number of hydrogen-bond acceptors (Lipinski definition) is 3. The van der Waals surface area contributed by atoms with E-state index in [9.17, 15) is 9.59 Å². The number of carboxylic acid groups (broad SMARTS) is 1. The third kappa shape index (κ3) is 4.61. The molecule has 0 aromatic rings. The number of carbonyl (C=O) groups excluding carboxylic acids is 1. The average Bonchev–Trinajstić information content (AvgIpc) is 2.97. The first-order valence-corrected chi connectivity index (χ1v) is 5.73. The van der Waals surface area contributed by atoms with E-state index < -0.39 is 12.0 Å². The molecule has 1 aliphatic rings. The molecule has 1 rings (SSSR count). The summed E-state index contributed by atoms with van der Waals surface area (Å²) in [5.74, 6) is -0.620. The van der Waals surface area contributed by atoms with Crippen molar-refractivity contribution in [3.8, 4) is 0 Å². The zero-order valence-corrected chi connectivity index (χ0v) is 9.82. The van der Waals surface area contributed by atoms with Crippen molar-refractivity contribution in [2.75, 3.05) is 13.1 Å². The molecule has 0 aromatic carbocycles. The predicted molar refractivity (Wildman–Crippen MR) is 60.0 cm³/mol. The Balaban J connectivity index is 2.21. The van der Waals surface area contributed by atoms with Gasteiger partial charge in [0.05, 0.1) is 6.54 Å². The summed E-state index contributed by atoms with van der Waals surface area (Å²) in [7, 11) is 0. The molecule has 3 N–H and O–H groups in total. The van der Waals surface area contributed by atoms with Gasteiger partial charge < -0.3 is 15.7 Å². The smallest absolute Gasteiger partial charge is 0.326 e.